The van der Waals surface area contributed by atoms with Gasteiger partial charge in [0.25, 0.3) is 0 Å². The molecule has 1 aromatic carbocycles. The van der Waals surface area contributed by atoms with Gasteiger partial charge in [0.15, 0.2) is 0 Å². The van der Waals surface area contributed by atoms with Crippen LogP contribution in [0.3, 0.4) is 0 Å². The Morgan fingerprint density at radius 2 is 1.83 bits per heavy atom. The third-order valence-electron chi connectivity index (χ3n) is 5.87. The minimum atomic E-state index is 0.266. The van der Waals surface area contributed by atoms with Crippen molar-refractivity contribution in [1.82, 2.24) is 10.6 Å². The molecule has 2 aliphatic rings. The highest BCUT2D eigenvalue weighted by Crippen LogP contribution is 2.36. The lowest BCUT2D eigenvalue weighted by Gasteiger charge is -2.28. The van der Waals surface area contributed by atoms with Crippen molar-refractivity contribution < 1.29 is 4.79 Å². The first-order valence-electron chi connectivity index (χ1n) is 9.83. The Bertz CT molecular complexity index is 488. The highest BCUT2D eigenvalue weighted by molar-refractivity contribution is 5.76. The zero-order valence-corrected chi connectivity index (χ0v) is 14.8. The van der Waals surface area contributed by atoms with E-state index in [1.54, 1.807) is 0 Å². The molecule has 1 aliphatic heterocycles. The van der Waals surface area contributed by atoms with Gasteiger partial charge >= 0.3 is 0 Å². The van der Waals surface area contributed by atoms with E-state index in [-0.39, 0.29) is 5.91 Å². The Balaban J connectivity index is 1.31. The molecule has 132 valence electrons. The van der Waals surface area contributed by atoms with Gasteiger partial charge in [0.2, 0.25) is 5.91 Å². The van der Waals surface area contributed by atoms with Gasteiger partial charge in [-0.15, -0.1) is 0 Å². The molecule has 2 fully saturated rings. The van der Waals surface area contributed by atoms with Crippen LogP contribution in [-0.2, 0) is 4.79 Å². The molecule has 0 bridgehead atoms. The van der Waals surface area contributed by atoms with Crippen molar-refractivity contribution in [1.29, 1.82) is 0 Å². The maximum atomic E-state index is 12.2. The first kappa shape index (κ1) is 17.5. The third-order valence-corrected chi connectivity index (χ3v) is 5.87. The van der Waals surface area contributed by atoms with Crippen LogP contribution in [0.1, 0.15) is 62.8 Å². The molecule has 1 saturated carbocycles. The average Bonchev–Trinajstić information content (AvgIpc) is 2.64. The van der Waals surface area contributed by atoms with Gasteiger partial charge in [0, 0.05) is 13.0 Å². The van der Waals surface area contributed by atoms with Crippen LogP contribution in [0, 0.1) is 11.8 Å². The van der Waals surface area contributed by atoms with Crippen LogP contribution < -0.4 is 10.6 Å². The summed E-state index contributed by atoms with van der Waals surface area (Å²) in [6.45, 7) is 3.14. The van der Waals surface area contributed by atoms with E-state index >= 15 is 0 Å². The summed E-state index contributed by atoms with van der Waals surface area (Å²) >= 11 is 0. The molecule has 1 aliphatic carbocycles. The second kappa shape index (κ2) is 9.22. The predicted octanol–water partition coefficient (Wildman–Crippen LogP) is 3.86. The summed E-state index contributed by atoms with van der Waals surface area (Å²) in [5.41, 5.74) is 1.47. The largest absolute Gasteiger partial charge is 0.356 e. The molecule has 1 aromatic rings. The van der Waals surface area contributed by atoms with Crippen LogP contribution >= 0.6 is 0 Å². The fourth-order valence-electron chi connectivity index (χ4n) is 4.35. The van der Waals surface area contributed by atoms with Crippen molar-refractivity contribution in [2.45, 2.75) is 57.3 Å². The molecule has 2 N–H and O–H groups in total. The quantitative estimate of drug-likeness (QED) is 0.832. The molecule has 0 aromatic heterocycles. The molecule has 3 rings (SSSR count). The van der Waals surface area contributed by atoms with Gasteiger partial charge in [-0.05, 0) is 81.4 Å². The van der Waals surface area contributed by atoms with Crippen LogP contribution in [0.2, 0.25) is 0 Å². The van der Waals surface area contributed by atoms with Gasteiger partial charge in [-0.1, -0.05) is 30.3 Å². The van der Waals surface area contributed by atoms with Gasteiger partial charge in [-0.2, -0.15) is 0 Å². The van der Waals surface area contributed by atoms with Crippen LogP contribution in [-0.4, -0.2) is 25.5 Å². The predicted molar refractivity (Wildman–Crippen MR) is 99.0 cm³/mol. The van der Waals surface area contributed by atoms with Gasteiger partial charge in [-0.25, -0.2) is 0 Å². The minimum Gasteiger partial charge on any atom is -0.356 e. The molecule has 1 unspecified atom stereocenters. The van der Waals surface area contributed by atoms with Crippen molar-refractivity contribution in [2.24, 2.45) is 11.8 Å². The molecule has 1 heterocycles. The Kier molecular flexibility index (Phi) is 6.71. The summed E-state index contributed by atoms with van der Waals surface area (Å²) < 4.78 is 0. The third kappa shape index (κ3) is 5.34. The first-order valence-corrected chi connectivity index (χ1v) is 9.83. The summed E-state index contributed by atoms with van der Waals surface area (Å²) in [6, 6.07) is 10.9. The van der Waals surface area contributed by atoms with E-state index in [1.165, 1.54) is 44.1 Å². The van der Waals surface area contributed by atoms with E-state index in [0.717, 1.165) is 38.4 Å². The number of nitrogens with one attached hydrogen (secondary N) is 2. The maximum Gasteiger partial charge on any atom is 0.220 e. The van der Waals surface area contributed by atoms with Crippen molar-refractivity contribution in [3.63, 3.8) is 0 Å². The standard InChI is InChI=1S/C21H32N2O/c24-21(23-14-12-18-5-4-13-22-16-18)15-17-8-10-20(11-9-17)19-6-2-1-3-7-19/h1-3,6-7,17-18,20,22H,4-5,8-16H2,(H,23,24). The van der Waals surface area contributed by atoms with E-state index in [4.69, 9.17) is 0 Å². The summed E-state index contributed by atoms with van der Waals surface area (Å²) in [5.74, 6) is 2.30. The number of carbonyl (C=O) groups is 1. The van der Waals surface area contributed by atoms with Crippen molar-refractivity contribution in [3.05, 3.63) is 35.9 Å². The zero-order valence-electron chi connectivity index (χ0n) is 14.8. The minimum absolute atomic E-state index is 0.266. The second-order valence-electron chi connectivity index (χ2n) is 7.68. The van der Waals surface area contributed by atoms with E-state index < -0.39 is 0 Å². The molecule has 3 nitrogen and oxygen atoms in total. The first-order chi connectivity index (χ1) is 11.8. The van der Waals surface area contributed by atoms with Crippen molar-refractivity contribution >= 4 is 5.91 Å². The number of rotatable bonds is 6. The normalized spacial score (nSPS) is 27.6. The number of benzene rings is 1. The molecule has 0 radical (unpaired) electrons. The lowest BCUT2D eigenvalue weighted by molar-refractivity contribution is -0.122. The van der Waals surface area contributed by atoms with Gasteiger partial charge in [0.1, 0.15) is 0 Å². The summed E-state index contributed by atoms with van der Waals surface area (Å²) in [7, 11) is 0. The zero-order chi connectivity index (χ0) is 16.6. The lowest BCUT2D eigenvalue weighted by Crippen LogP contribution is -2.33. The Labute approximate surface area is 146 Å². The van der Waals surface area contributed by atoms with Crippen LogP contribution in [0.25, 0.3) is 0 Å². The van der Waals surface area contributed by atoms with Crippen LogP contribution in [0.5, 0.6) is 0 Å². The van der Waals surface area contributed by atoms with Gasteiger partial charge in [0.05, 0.1) is 0 Å². The molecular weight excluding hydrogens is 296 g/mol. The Hall–Kier alpha value is -1.35. The molecule has 1 saturated heterocycles. The fourth-order valence-corrected chi connectivity index (χ4v) is 4.35. The number of amides is 1. The van der Waals surface area contributed by atoms with Crippen molar-refractivity contribution in [3.8, 4) is 0 Å². The summed E-state index contributed by atoms with van der Waals surface area (Å²) in [5, 5.41) is 6.60. The summed E-state index contributed by atoms with van der Waals surface area (Å²) in [4.78, 5) is 12.2. The van der Waals surface area contributed by atoms with E-state index in [9.17, 15) is 4.79 Å². The number of hydrogen-bond donors (Lipinski definition) is 2. The number of piperidine rings is 1. The van der Waals surface area contributed by atoms with Gasteiger partial charge in [-0.3, -0.25) is 4.79 Å². The van der Waals surface area contributed by atoms with Gasteiger partial charge < -0.3 is 10.6 Å². The Morgan fingerprint density at radius 3 is 2.54 bits per heavy atom. The van der Waals surface area contributed by atoms with E-state index in [0.29, 0.717) is 11.8 Å². The molecule has 24 heavy (non-hydrogen) atoms. The molecular formula is C21H32N2O. The van der Waals surface area contributed by atoms with Crippen molar-refractivity contribution in [2.75, 3.05) is 19.6 Å². The van der Waals surface area contributed by atoms with Crippen LogP contribution in [0.4, 0.5) is 0 Å². The highest BCUT2D eigenvalue weighted by Gasteiger charge is 2.24. The average molecular weight is 329 g/mol. The number of hydrogen-bond acceptors (Lipinski definition) is 2. The molecule has 0 spiro atoms. The maximum absolute atomic E-state index is 12.2. The fraction of sp³-hybridized carbons (Fsp3) is 0.667. The summed E-state index contributed by atoms with van der Waals surface area (Å²) in [6.07, 6.45) is 9.30. The number of carbonyl (C=O) groups excluding carboxylic acids is 1. The van der Waals surface area contributed by atoms with E-state index in [2.05, 4.69) is 41.0 Å². The molecule has 1 amide bonds. The Morgan fingerprint density at radius 1 is 1.04 bits per heavy atom. The highest BCUT2D eigenvalue weighted by atomic mass is 16.1. The molecule has 3 heteroatoms. The lowest BCUT2D eigenvalue weighted by atomic mass is 9.77. The second-order valence-corrected chi connectivity index (χ2v) is 7.68. The smallest absolute Gasteiger partial charge is 0.220 e. The van der Waals surface area contributed by atoms with Crippen LogP contribution in [0.15, 0.2) is 30.3 Å². The topological polar surface area (TPSA) is 41.1 Å². The SMILES string of the molecule is O=C(CC1CCC(c2ccccc2)CC1)NCCC1CCCNC1. The van der Waals surface area contributed by atoms with E-state index in [1.807, 2.05) is 0 Å². The monoisotopic (exact) mass is 328 g/mol. The molecule has 1 atom stereocenters.